The van der Waals surface area contributed by atoms with Crippen LogP contribution in [-0.4, -0.2) is 7.11 Å². The van der Waals surface area contributed by atoms with E-state index in [1.165, 1.54) is 0 Å². The van der Waals surface area contributed by atoms with Crippen molar-refractivity contribution < 1.29 is 4.74 Å². The van der Waals surface area contributed by atoms with E-state index in [0.717, 1.165) is 0 Å². The maximum atomic E-state index is 9.41. The Labute approximate surface area is 127 Å². The third kappa shape index (κ3) is 2.98. The van der Waals surface area contributed by atoms with Crippen molar-refractivity contribution >= 4 is 28.9 Å². The zero-order valence-electron chi connectivity index (χ0n) is 10.7. The van der Waals surface area contributed by atoms with Crippen molar-refractivity contribution in [3.8, 4) is 11.8 Å². The van der Waals surface area contributed by atoms with Gasteiger partial charge in [-0.25, -0.2) is 0 Å². The summed E-state index contributed by atoms with van der Waals surface area (Å²) in [5.74, 6) is 0.559. The third-order valence-corrected chi connectivity index (χ3v) is 3.48. The number of benzene rings is 2. The topological polar surface area (TPSA) is 45.0 Å². The van der Waals surface area contributed by atoms with Crippen molar-refractivity contribution in [2.75, 3.05) is 12.4 Å². The second-order valence-electron chi connectivity index (χ2n) is 4.04. The first-order chi connectivity index (χ1) is 9.67. The van der Waals surface area contributed by atoms with Gasteiger partial charge in [-0.05, 0) is 24.3 Å². The maximum absolute atomic E-state index is 9.41. The summed E-state index contributed by atoms with van der Waals surface area (Å²) in [5.41, 5.74) is 1.27. The van der Waals surface area contributed by atoms with Crippen LogP contribution in [0.3, 0.4) is 0 Å². The summed E-state index contributed by atoms with van der Waals surface area (Å²) in [4.78, 5) is 0. The van der Waals surface area contributed by atoms with Crippen molar-refractivity contribution in [3.63, 3.8) is 0 Å². The lowest BCUT2D eigenvalue weighted by molar-refractivity contribution is 0.409. The molecule has 0 bridgehead atoms. The number of methoxy groups -OCH3 is 1. The molecule has 5 heteroatoms. The molecule has 0 aliphatic carbocycles. The molecule has 1 N–H and O–H groups in total. The minimum Gasteiger partial charge on any atom is -0.496 e. The molecule has 1 unspecified atom stereocenters. The second-order valence-corrected chi connectivity index (χ2v) is 4.86. The van der Waals surface area contributed by atoms with Crippen LogP contribution >= 0.6 is 23.2 Å². The summed E-state index contributed by atoms with van der Waals surface area (Å²) in [6.07, 6.45) is 0. The Kier molecular flexibility index (Phi) is 4.73. The fourth-order valence-corrected chi connectivity index (χ4v) is 2.34. The molecule has 102 valence electrons. The Balaban J connectivity index is 2.40. The van der Waals surface area contributed by atoms with Crippen molar-refractivity contribution in [1.29, 1.82) is 5.26 Å². The third-order valence-electron chi connectivity index (χ3n) is 2.82. The highest BCUT2D eigenvalue weighted by Crippen LogP contribution is 2.35. The number of nitriles is 1. The number of nitrogens with one attached hydrogen (secondary N) is 1. The van der Waals surface area contributed by atoms with Gasteiger partial charge in [0, 0.05) is 5.56 Å². The fourth-order valence-electron chi connectivity index (χ4n) is 1.88. The predicted molar refractivity (Wildman–Crippen MR) is 81.4 cm³/mol. The molecule has 0 saturated heterocycles. The monoisotopic (exact) mass is 306 g/mol. The lowest BCUT2D eigenvalue weighted by Crippen LogP contribution is -2.11. The minimum absolute atomic E-state index is 0.468. The molecule has 2 aromatic rings. The summed E-state index contributed by atoms with van der Waals surface area (Å²) in [5, 5.41) is 13.5. The van der Waals surface area contributed by atoms with Crippen LogP contribution in [0.5, 0.6) is 5.75 Å². The van der Waals surface area contributed by atoms with Crippen LogP contribution in [0.4, 0.5) is 5.69 Å². The number of nitrogens with zero attached hydrogens (tertiary/aromatic N) is 1. The summed E-state index contributed by atoms with van der Waals surface area (Å²) >= 11 is 12.3. The standard InChI is InChI=1S/C15H12Cl2N2O/c1-20-14-8-4-6-11(17)15(14)13(9-18)19-12-7-3-2-5-10(12)16/h2-8,13,19H,1H3. The van der Waals surface area contributed by atoms with E-state index in [9.17, 15) is 5.26 Å². The van der Waals surface area contributed by atoms with Crippen LogP contribution in [0.25, 0.3) is 0 Å². The van der Waals surface area contributed by atoms with Crippen molar-refractivity contribution in [3.05, 3.63) is 58.1 Å². The van der Waals surface area contributed by atoms with Gasteiger partial charge in [0.15, 0.2) is 0 Å². The molecule has 0 radical (unpaired) electrons. The molecule has 20 heavy (non-hydrogen) atoms. The molecule has 2 aromatic carbocycles. The van der Waals surface area contributed by atoms with Crippen LogP contribution in [-0.2, 0) is 0 Å². The molecule has 3 nitrogen and oxygen atoms in total. The van der Waals surface area contributed by atoms with Crippen molar-refractivity contribution in [1.82, 2.24) is 0 Å². The second kappa shape index (κ2) is 6.51. The molecule has 0 aliphatic heterocycles. The van der Waals surface area contributed by atoms with Gasteiger partial charge in [-0.15, -0.1) is 0 Å². The zero-order chi connectivity index (χ0) is 14.5. The highest BCUT2D eigenvalue weighted by Gasteiger charge is 2.19. The first-order valence-corrected chi connectivity index (χ1v) is 6.66. The van der Waals surface area contributed by atoms with Gasteiger partial charge < -0.3 is 10.1 Å². The molecule has 0 aromatic heterocycles. The molecule has 0 saturated carbocycles. The molecule has 0 fully saturated rings. The van der Waals surface area contributed by atoms with E-state index in [1.54, 1.807) is 37.4 Å². The number of hydrogen-bond donors (Lipinski definition) is 1. The van der Waals surface area contributed by atoms with Gasteiger partial charge >= 0.3 is 0 Å². The van der Waals surface area contributed by atoms with Gasteiger partial charge in [0.2, 0.25) is 0 Å². The van der Waals surface area contributed by atoms with Crippen LogP contribution in [0.1, 0.15) is 11.6 Å². The summed E-state index contributed by atoms with van der Waals surface area (Å²) in [7, 11) is 1.54. The van der Waals surface area contributed by atoms with Crippen molar-refractivity contribution in [2.45, 2.75) is 6.04 Å². The number of rotatable bonds is 4. The summed E-state index contributed by atoms with van der Waals surface area (Å²) in [6, 6.07) is 14.0. The maximum Gasteiger partial charge on any atom is 0.145 e. The smallest absolute Gasteiger partial charge is 0.145 e. The SMILES string of the molecule is COc1cccc(Cl)c1C(C#N)Nc1ccccc1Cl. The van der Waals surface area contributed by atoms with E-state index >= 15 is 0 Å². The highest BCUT2D eigenvalue weighted by atomic mass is 35.5. The van der Waals surface area contributed by atoms with E-state index < -0.39 is 6.04 Å². The molecular weight excluding hydrogens is 295 g/mol. The molecule has 0 heterocycles. The largest absolute Gasteiger partial charge is 0.496 e. The molecule has 0 amide bonds. The molecule has 2 rings (SSSR count). The quantitative estimate of drug-likeness (QED) is 0.892. The molecule has 1 atom stereocenters. The van der Waals surface area contributed by atoms with Crippen LogP contribution in [0.15, 0.2) is 42.5 Å². The minimum atomic E-state index is -0.654. The lowest BCUT2D eigenvalue weighted by Gasteiger charge is -2.18. The van der Waals surface area contributed by atoms with Gasteiger partial charge in [-0.3, -0.25) is 0 Å². The van der Waals surface area contributed by atoms with Gasteiger partial charge in [0.1, 0.15) is 11.8 Å². The Morgan fingerprint density at radius 3 is 2.45 bits per heavy atom. The summed E-state index contributed by atoms with van der Waals surface area (Å²) < 4.78 is 5.27. The predicted octanol–water partition coefficient (Wildman–Crippen LogP) is 4.68. The average Bonchev–Trinajstić information content (AvgIpc) is 2.47. The lowest BCUT2D eigenvalue weighted by atomic mass is 10.1. The van der Waals surface area contributed by atoms with Gasteiger partial charge in [-0.1, -0.05) is 41.4 Å². The fraction of sp³-hybridized carbons (Fsp3) is 0.133. The highest BCUT2D eigenvalue weighted by molar-refractivity contribution is 6.33. The summed E-state index contributed by atoms with van der Waals surface area (Å²) in [6.45, 7) is 0. The van der Waals surface area contributed by atoms with E-state index in [4.69, 9.17) is 27.9 Å². The van der Waals surface area contributed by atoms with Crippen molar-refractivity contribution in [2.24, 2.45) is 0 Å². The van der Waals surface area contributed by atoms with Gasteiger partial charge in [0.25, 0.3) is 0 Å². The zero-order valence-corrected chi connectivity index (χ0v) is 12.2. The van der Waals surface area contributed by atoms with Gasteiger partial charge in [0.05, 0.1) is 28.9 Å². The normalized spacial score (nSPS) is 11.5. The number of para-hydroxylation sites is 1. The first-order valence-electron chi connectivity index (χ1n) is 5.90. The van der Waals surface area contributed by atoms with Crippen LogP contribution < -0.4 is 10.1 Å². The average molecular weight is 307 g/mol. The Morgan fingerprint density at radius 2 is 1.80 bits per heavy atom. The Bertz CT molecular complexity index is 653. The first kappa shape index (κ1) is 14.5. The molecule has 0 aliphatic rings. The van der Waals surface area contributed by atoms with Gasteiger partial charge in [-0.2, -0.15) is 5.26 Å². The number of hydrogen-bond acceptors (Lipinski definition) is 3. The van der Waals surface area contributed by atoms with E-state index in [0.29, 0.717) is 27.0 Å². The Hall–Kier alpha value is -1.89. The Morgan fingerprint density at radius 1 is 1.10 bits per heavy atom. The molecular formula is C15H12Cl2N2O. The van der Waals surface area contributed by atoms with E-state index in [2.05, 4.69) is 11.4 Å². The molecule has 0 spiro atoms. The van der Waals surface area contributed by atoms with E-state index in [1.807, 2.05) is 12.1 Å². The number of anilines is 1. The number of ether oxygens (including phenoxy) is 1. The van der Waals surface area contributed by atoms with Crippen LogP contribution in [0, 0.1) is 11.3 Å². The van der Waals surface area contributed by atoms with E-state index in [-0.39, 0.29) is 0 Å². The van der Waals surface area contributed by atoms with Crippen LogP contribution in [0.2, 0.25) is 10.0 Å². The number of halogens is 2.